The molecule has 2 unspecified atom stereocenters. The molecule has 4 rings (SSSR count). The second-order valence-corrected chi connectivity index (χ2v) is 5.89. The highest BCUT2D eigenvalue weighted by Crippen LogP contribution is 2.43. The van der Waals surface area contributed by atoms with Crippen LogP contribution >= 0.6 is 0 Å². The number of carboxylic acid groups (broad SMARTS) is 1. The smallest absolute Gasteiger partial charge is 0.321 e. The highest BCUT2D eigenvalue weighted by molar-refractivity contribution is 5.74. The first-order valence-electron chi connectivity index (χ1n) is 7.23. The Hall–Kier alpha value is -1.35. The quantitative estimate of drug-likeness (QED) is 0.907. The van der Waals surface area contributed by atoms with Crippen molar-refractivity contribution in [1.82, 2.24) is 4.90 Å². The fourth-order valence-electron chi connectivity index (χ4n) is 3.98. The highest BCUT2D eigenvalue weighted by atomic mass is 16.4. The van der Waals surface area contributed by atoms with E-state index < -0.39 is 5.97 Å². The number of hydrogen-bond donors (Lipinski definition) is 1. The Balaban J connectivity index is 1.91. The zero-order valence-corrected chi connectivity index (χ0v) is 11.3. The van der Waals surface area contributed by atoms with Crippen molar-refractivity contribution in [3.8, 4) is 0 Å². The third-order valence-electron chi connectivity index (χ3n) is 4.91. The van der Waals surface area contributed by atoms with Gasteiger partial charge in [0.2, 0.25) is 0 Å². The van der Waals surface area contributed by atoms with Crippen LogP contribution in [0.2, 0.25) is 0 Å². The van der Waals surface area contributed by atoms with E-state index in [1.807, 2.05) is 18.2 Å². The van der Waals surface area contributed by atoms with E-state index in [0.717, 1.165) is 25.7 Å². The molecule has 3 fully saturated rings. The zero-order valence-electron chi connectivity index (χ0n) is 11.3. The van der Waals surface area contributed by atoms with Gasteiger partial charge in [-0.15, -0.1) is 0 Å². The lowest BCUT2D eigenvalue weighted by atomic mass is 9.73. The van der Waals surface area contributed by atoms with E-state index in [2.05, 4.69) is 24.0 Å². The predicted molar refractivity (Wildman–Crippen MR) is 73.9 cm³/mol. The van der Waals surface area contributed by atoms with Crippen LogP contribution in [0.25, 0.3) is 0 Å². The maximum atomic E-state index is 11.6. The largest absolute Gasteiger partial charge is 0.480 e. The van der Waals surface area contributed by atoms with E-state index in [1.165, 1.54) is 5.56 Å². The van der Waals surface area contributed by atoms with E-state index in [0.29, 0.717) is 12.0 Å². The Morgan fingerprint density at radius 3 is 2.42 bits per heavy atom. The summed E-state index contributed by atoms with van der Waals surface area (Å²) >= 11 is 0. The van der Waals surface area contributed by atoms with Crippen LogP contribution in [0.3, 0.4) is 0 Å². The zero-order chi connectivity index (χ0) is 13.4. The molecular formula is C16H21NO2. The molecule has 0 aromatic heterocycles. The molecule has 1 aromatic rings. The topological polar surface area (TPSA) is 40.5 Å². The summed E-state index contributed by atoms with van der Waals surface area (Å²) in [5.41, 5.74) is 1.22. The number of piperidine rings is 2. The maximum Gasteiger partial charge on any atom is 0.321 e. The van der Waals surface area contributed by atoms with Gasteiger partial charge in [-0.3, -0.25) is 9.69 Å². The molecular weight excluding hydrogens is 238 g/mol. The predicted octanol–water partition coefficient (Wildman–Crippen LogP) is 3.08. The molecule has 1 N–H and O–H groups in total. The Kier molecular flexibility index (Phi) is 3.31. The van der Waals surface area contributed by atoms with Crippen molar-refractivity contribution in [2.75, 3.05) is 0 Å². The molecule has 0 amide bonds. The van der Waals surface area contributed by atoms with Crippen molar-refractivity contribution in [3.63, 3.8) is 0 Å². The van der Waals surface area contributed by atoms with Gasteiger partial charge < -0.3 is 5.11 Å². The first kappa shape index (κ1) is 12.7. The number of aliphatic carboxylic acids is 1. The standard InChI is InChI=1S/C16H21NO2/c1-11(12-5-3-2-4-6-12)17-14-9-7-13(8-10-14)15(17)16(18)19/h2-6,11,13-15H,7-10H2,1H3,(H,18,19). The number of carboxylic acids is 1. The van der Waals surface area contributed by atoms with Gasteiger partial charge in [-0.25, -0.2) is 0 Å². The van der Waals surface area contributed by atoms with Crippen molar-refractivity contribution in [1.29, 1.82) is 0 Å². The summed E-state index contributed by atoms with van der Waals surface area (Å²) in [4.78, 5) is 13.9. The number of carbonyl (C=O) groups is 1. The Labute approximate surface area is 114 Å². The monoisotopic (exact) mass is 259 g/mol. The molecule has 2 aliphatic heterocycles. The average Bonchev–Trinajstić information content (AvgIpc) is 2.47. The van der Waals surface area contributed by atoms with E-state index in [1.54, 1.807) is 0 Å². The second kappa shape index (κ2) is 4.97. The number of rotatable bonds is 3. The lowest BCUT2D eigenvalue weighted by molar-refractivity contribution is -0.155. The van der Waals surface area contributed by atoms with Crippen LogP contribution in [0.5, 0.6) is 0 Å². The minimum atomic E-state index is -0.641. The molecule has 0 spiro atoms. The van der Waals surface area contributed by atoms with Crippen LogP contribution < -0.4 is 0 Å². The van der Waals surface area contributed by atoms with Crippen LogP contribution in [0.1, 0.15) is 44.2 Å². The molecule has 3 heteroatoms. The molecule has 0 radical (unpaired) electrons. The van der Waals surface area contributed by atoms with Crippen LogP contribution in [0.4, 0.5) is 0 Å². The summed E-state index contributed by atoms with van der Waals surface area (Å²) in [5.74, 6) is -0.300. The fourth-order valence-corrected chi connectivity index (χ4v) is 3.98. The number of fused-ring (bicyclic) bond motifs is 3. The molecule has 1 saturated carbocycles. The van der Waals surface area contributed by atoms with Gasteiger partial charge in [0.05, 0.1) is 0 Å². The van der Waals surface area contributed by atoms with Gasteiger partial charge in [-0.1, -0.05) is 30.3 Å². The molecule has 3 aliphatic rings. The highest BCUT2D eigenvalue weighted by Gasteiger charge is 2.47. The van der Waals surface area contributed by atoms with E-state index >= 15 is 0 Å². The molecule has 3 nitrogen and oxygen atoms in total. The lowest BCUT2D eigenvalue weighted by Gasteiger charge is -2.52. The van der Waals surface area contributed by atoms with Gasteiger partial charge >= 0.3 is 5.97 Å². The number of benzene rings is 1. The molecule has 2 bridgehead atoms. The van der Waals surface area contributed by atoms with Crippen molar-refractivity contribution >= 4 is 5.97 Å². The second-order valence-electron chi connectivity index (χ2n) is 5.89. The summed E-state index contributed by atoms with van der Waals surface area (Å²) in [5, 5.41) is 9.58. The van der Waals surface area contributed by atoms with Gasteiger partial charge in [-0.05, 0) is 44.1 Å². The third kappa shape index (κ3) is 2.16. The van der Waals surface area contributed by atoms with Gasteiger partial charge in [-0.2, -0.15) is 0 Å². The minimum absolute atomic E-state index is 0.190. The van der Waals surface area contributed by atoms with E-state index in [4.69, 9.17) is 0 Å². The van der Waals surface area contributed by atoms with E-state index in [-0.39, 0.29) is 12.1 Å². The van der Waals surface area contributed by atoms with Crippen LogP contribution in [-0.4, -0.2) is 28.1 Å². The molecule has 19 heavy (non-hydrogen) atoms. The third-order valence-corrected chi connectivity index (χ3v) is 4.91. The maximum absolute atomic E-state index is 11.6. The van der Waals surface area contributed by atoms with Gasteiger partial charge in [0.15, 0.2) is 0 Å². The number of hydrogen-bond acceptors (Lipinski definition) is 2. The van der Waals surface area contributed by atoms with Gasteiger partial charge in [0, 0.05) is 12.1 Å². The molecule has 2 heterocycles. The van der Waals surface area contributed by atoms with Crippen LogP contribution in [0, 0.1) is 5.92 Å². The Bertz CT molecular complexity index is 451. The van der Waals surface area contributed by atoms with Gasteiger partial charge in [0.1, 0.15) is 6.04 Å². The molecule has 2 atom stereocenters. The van der Waals surface area contributed by atoms with E-state index in [9.17, 15) is 9.90 Å². The van der Waals surface area contributed by atoms with Gasteiger partial charge in [0.25, 0.3) is 0 Å². The average molecular weight is 259 g/mol. The number of nitrogens with zero attached hydrogens (tertiary/aromatic N) is 1. The molecule has 1 aliphatic carbocycles. The molecule has 1 aromatic carbocycles. The summed E-state index contributed by atoms with van der Waals surface area (Å²) in [6.07, 6.45) is 4.48. The molecule has 102 valence electrons. The normalized spacial score (nSPS) is 32.2. The first-order chi connectivity index (χ1) is 9.18. The van der Waals surface area contributed by atoms with Crippen molar-refractivity contribution in [2.45, 2.75) is 50.7 Å². The SMILES string of the molecule is CC(c1ccccc1)N1C2CCC(CC2)C1C(=O)O. The van der Waals surface area contributed by atoms with Crippen molar-refractivity contribution in [3.05, 3.63) is 35.9 Å². The Morgan fingerprint density at radius 2 is 1.84 bits per heavy atom. The Morgan fingerprint density at radius 1 is 1.21 bits per heavy atom. The van der Waals surface area contributed by atoms with Crippen LogP contribution in [-0.2, 0) is 4.79 Å². The minimum Gasteiger partial charge on any atom is -0.480 e. The van der Waals surface area contributed by atoms with Crippen molar-refractivity contribution < 1.29 is 9.90 Å². The lowest BCUT2D eigenvalue weighted by Crippen LogP contribution is -2.58. The summed E-state index contributed by atoms with van der Waals surface area (Å²) in [6.45, 7) is 2.14. The summed E-state index contributed by atoms with van der Waals surface area (Å²) in [7, 11) is 0. The summed E-state index contributed by atoms with van der Waals surface area (Å²) in [6, 6.07) is 10.6. The first-order valence-corrected chi connectivity index (χ1v) is 7.23. The van der Waals surface area contributed by atoms with Crippen LogP contribution in [0.15, 0.2) is 30.3 Å². The fraction of sp³-hybridized carbons (Fsp3) is 0.562. The summed E-state index contributed by atoms with van der Waals surface area (Å²) < 4.78 is 0. The van der Waals surface area contributed by atoms with Crippen molar-refractivity contribution in [2.24, 2.45) is 5.92 Å². The molecule has 2 saturated heterocycles.